The summed E-state index contributed by atoms with van der Waals surface area (Å²) in [6.45, 7) is 0. The van der Waals surface area contributed by atoms with Crippen molar-refractivity contribution in [2.45, 2.75) is 63.6 Å². The fourth-order valence-electron chi connectivity index (χ4n) is 3.63. The van der Waals surface area contributed by atoms with Crippen LogP contribution < -0.4 is 0 Å². The summed E-state index contributed by atoms with van der Waals surface area (Å²) in [7, 11) is 1.83. The molecule has 3 atom stereocenters. The topological polar surface area (TPSA) is 18.5 Å². The van der Waals surface area contributed by atoms with Gasteiger partial charge in [-0.25, -0.2) is 0 Å². The second-order valence-corrected chi connectivity index (χ2v) is 5.49. The van der Waals surface area contributed by atoms with E-state index in [-0.39, 0.29) is 0 Å². The van der Waals surface area contributed by atoms with Crippen molar-refractivity contribution in [3.05, 3.63) is 11.3 Å². The monoisotopic (exact) mass is 222 g/mol. The summed E-state index contributed by atoms with van der Waals surface area (Å²) in [5, 5.41) is 0. The van der Waals surface area contributed by atoms with Crippen LogP contribution in [-0.4, -0.2) is 19.3 Å². The molecule has 0 aromatic rings. The van der Waals surface area contributed by atoms with E-state index in [1.165, 1.54) is 57.1 Å². The largest absolute Gasteiger partial charge is 0.492 e. The van der Waals surface area contributed by atoms with Crippen LogP contribution >= 0.6 is 0 Å². The van der Waals surface area contributed by atoms with E-state index in [4.69, 9.17) is 9.47 Å². The van der Waals surface area contributed by atoms with Crippen LogP contribution in [0, 0.1) is 5.92 Å². The van der Waals surface area contributed by atoms with Gasteiger partial charge in [-0.15, -0.1) is 0 Å². The average Bonchev–Trinajstić information content (AvgIpc) is 2.35. The highest BCUT2D eigenvalue weighted by molar-refractivity contribution is 5.17. The van der Waals surface area contributed by atoms with Gasteiger partial charge in [0, 0.05) is 19.4 Å². The SMILES string of the molecule is COC1CCCC2CC3=C(CCCC3)OC21. The van der Waals surface area contributed by atoms with Crippen molar-refractivity contribution >= 4 is 0 Å². The summed E-state index contributed by atoms with van der Waals surface area (Å²) in [4.78, 5) is 0. The van der Waals surface area contributed by atoms with Gasteiger partial charge in [0.15, 0.2) is 0 Å². The highest BCUT2D eigenvalue weighted by Gasteiger charge is 2.39. The smallest absolute Gasteiger partial charge is 0.127 e. The summed E-state index contributed by atoms with van der Waals surface area (Å²) >= 11 is 0. The first kappa shape index (κ1) is 10.6. The Morgan fingerprint density at radius 1 is 1.12 bits per heavy atom. The quantitative estimate of drug-likeness (QED) is 0.677. The van der Waals surface area contributed by atoms with Crippen LogP contribution in [0.4, 0.5) is 0 Å². The number of methoxy groups -OCH3 is 1. The van der Waals surface area contributed by atoms with Gasteiger partial charge in [-0.2, -0.15) is 0 Å². The lowest BCUT2D eigenvalue weighted by Crippen LogP contribution is -2.43. The molecule has 1 saturated carbocycles. The molecule has 0 aromatic carbocycles. The van der Waals surface area contributed by atoms with E-state index in [1.807, 2.05) is 7.11 Å². The summed E-state index contributed by atoms with van der Waals surface area (Å²) in [6.07, 6.45) is 11.0. The Hall–Kier alpha value is -0.500. The molecule has 90 valence electrons. The van der Waals surface area contributed by atoms with E-state index in [2.05, 4.69) is 0 Å². The Balaban J connectivity index is 1.80. The minimum atomic E-state index is 0.342. The first-order chi connectivity index (χ1) is 7.88. The molecule has 3 rings (SSSR count). The van der Waals surface area contributed by atoms with Crippen molar-refractivity contribution in [3.8, 4) is 0 Å². The Labute approximate surface area is 98.0 Å². The average molecular weight is 222 g/mol. The van der Waals surface area contributed by atoms with Crippen molar-refractivity contribution in [1.29, 1.82) is 0 Å². The summed E-state index contributed by atoms with van der Waals surface area (Å²) in [6, 6.07) is 0. The maximum atomic E-state index is 6.25. The van der Waals surface area contributed by atoms with Gasteiger partial charge in [0.05, 0.1) is 11.9 Å². The van der Waals surface area contributed by atoms with Crippen LogP contribution in [0.1, 0.15) is 51.4 Å². The second-order valence-electron chi connectivity index (χ2n) is 5.49. The van der Waals surface area contributed by atoms with Gasteiger partial charge in [0.25, 0.3) is 0 Å². The van der Waals surface area contributed by atoms with E-state index in [0.29, 0.717) is 12.2 Å². The lowest BCUT2D eigenvalue weighted by molar-refractivity contribution is -0.0938. The third-order valence-corrected chi connectivity index (χ3v) is 4.51. The summed E-state index contributed by atoms with van der Waals surface area (Å²) < 4.78 is 11.8. The molecule has 0 saturated heterocycles. The van der Waals surface area contributed by atoms with Crippen LogP contribution in [0.25, 0.3) is 0 Å². The van der Waals surface area contributed by atoms with Gasteiger partial charge in [-0.3, -0.25) is 0 Å². The molecule has 0 bridgehead atoms. The Morgan fingerprint density at radius 3 is 2.88 bits per heavy atom. The van der Waals surface area contributed by atoms with Crippen LogP contribution in [0.3, 0.4) is 0 Å². The van der Waals surface area contributed by atoms with E-state index in [1.54, 1.807) is 5.57 Å². The molecule has 2 aliphatic carbocycles. The van der Waals surface area contributed by atoms with Crippen LogP contribution in [-0.2, 0) is 9.47 Å². The predicted octanol–water partition coefficient (Wildman–Crippen LogP) is 3.42. The number of ether oxygens (including phenoxy) is 2. The Bertz CT molecular complexity index is 295. The van der Waals surface area contributed by atoms with Crippen LogP contribution in [0.5, 0.6) is 0 Å². The fourth-order valence-corrected chi connectivity index (χ4v) is 3.63. The first-order valence-electron chi connectivity index (χ1n) is 6.79. The summed E-state index contributed by atoms with van der Waals surface area (Å²) in [5.74, 6) is 2.06. The van der Waals surface area contributed by atoms with Crippen molar-refractivity contribution in [2.24, 2.45) is 5.92 Å². The Kier molecular flexibility index (Phi) is 2.93. The van der Waals surface area contributed by atoms with Gasteiger partial charge in [0.2, 0.25) is 0 Å². The van der Waals surface area contributed by atoms with Crippen molar-refractivity contribution in [1.82, 2.24) is 0 Å². The molecule has 2 heteroatoms. The van der Waals surface area contributed by atoms with Crippen LogP contribution in [0.2, 0.25) is 0 Å². The van der Waals surface area contributed by atoms with Crippen molar-refractivity contribution in [2.75, 3.05) is 7.11 Å². The zero-order valence-electron chi connectivity index (χ0n) is 10.2. The van der Waals surface area contributed by atoms with E-state index in [9.17, 15) is 0 Å². The molecule has 1 aliphatic heterocycles. The van der Waals surface area contributed by atoms with E-state index in [0.717, 1.165) is 5.92 Å². The zero-order valence-corrected chi connectivity index (χ0v) is 10.2. The molecule has 1 fully saturated rings. The number of rotatable bonds is 1. The molecular weight excluding hydrogens is 200 g/mol. The van der Waals surface area contributed by atoms with E-state index >= 15 is 0 Å². The Morgan fingerprint density at radius 2 is 2.00 bits per heavy atom. The third kappa shape index (κ3) is 1.77. The fraction of sp³-hybridized carbons (Fsp3) is 0.857. The number of fused-ring (bicyclic) bond motifs is 1. The molecule has 0 amide bonds. The molecule has 2 nitrogen and oxygen atoms in total. The summed E-state index contributed by atoms with van der Waals surface area (Å²) in [5.41, 5.74) is 1.63. The van der Waals surface area contributed by atoms with Crippen molar-refractivity contribution in [3.63, 3.8) is 0 Å². The van der Waals surface area contributed by atoms with Crippen molar-refractivity contribution < 1.29 is 9.47 Å². The maximum Gasteiger partial charge on any atom is 0.127 e. The molecule has 0 aromatic heterocycles. The first-order valence-corrected chi connectivity index (χ1v) is 6.79. The zero-order chi connectivity index (χ0) is 11.0. The van der Waals surface area contributed by atoms with Gasteiger partial charge < -0.3 is 9.47 Å². The van der Waals surface area contributed by atoms with Gasteiger partial charge in [-0.05, 0) is 44.1 Å². The normalized spacial score (nSPS) is 38.7. The minimum Gasteiger partial charge on any atom is -0.492 e. The number of hydrogen-bond acceptors (Lipinski definition) is 2. The molecule has 0 radical (unpaired) electrons. The molecular formula is C14H22O2. The standard InChI is InChI=1S/C14H22O2/c1-15-13-8-4-6-11-9-10-5-2-3-7-12(10)16-14(11)13/h11,13-14H,2-9H2,1H3. The molecule has 3 unspecified atom stereocenters. The molecule has 0 spiro atoms. The third-order valence-electron chi connectivity index (χ3n) is 4.51. The molecule has 16 heavy (non-hydrogen) atoms. The molecule has 1 heterocycles. The second kappa shape index (κ2) is 4.40. The van der Waals surface area contributed by atoms with Gasteiger partial charge >= 0.3 is 0 Å². The van der Waals surface area contributed by atoms with E-state index < -0.39 is 0 Å². The predicted molar refractivity (Wildman–Crippen MR) is 63.1 cm³/mol. The molecule has 0 N–H and O–H groups in total. The highest BCUT2D eigenvalue weighted by atomic mass is 16.5. The number of allylic oxidation sites excluding steroid dienone is 2. The van der Waals surface area contributed by atoms with Gasteiger partial charge in [-0.1, -0.05) is 6.42 Å². The number of hydrogen-bond donors (Lipinski definition) is 0. The highest BCUT2D eigenvalue weighted by Crippen LogP contribution is 2.43. The lowest BCUT2D eigenvalue weighted by atomic mass is 9.76. The minimum absolute atomic E-state index is 0.342. The van der Waals surface area contributed by atoms with Gasteiger partial charge in [0.1, 0.15) is 6.10 Å². The van der Waals surface area contributed by atoms with Crippen LogP contribution in [0.15, 0.2) is 11.3 Å². The lowest BCUT2D eigenvalue weighted by Gasteiger charge is -2.43. The molecule has 3 aliphatic rings. The maximum absolute atomic E-state index is 6.25.